The van der Waals surface area contributed by atoms with E-state index in [0.29, 0.717) is 12.6 Å². The number of hydrogen-bond donors (Lipinski definition) is 1. The van der Waals surface area contributed by atoms with E-state index in [9.17, 15) is 0 Å². The van der Waals surface area contributed by atoms with Gasteiger partial charge in [0.25, 0.3) is 0 Å². The van der Waals surface area contributed by atoms with Crippen LogP contribution in [0.5, 0.6) is 5.75 Å². The van der Waals surface area contributed by atoms with Gasteiger partial charge in [0.15, 0.2) is 0 Å². The Bertz CT molecular complexity index is 538. The summed E-state index contributed by atoms with van der Waals surface area (Å²) in [6.07, 6.45) is 2.26. The fraction of sp³-hybridized carbons (Fsp3) is 0.412. The first-order chi connectivity index (χ1) is 10.2. The van der Waals surface area contributed by atoms with Crippen LogP contribution >= 0.6 is 27.3 Å². The molecule has 0 radical (unpaired) electrons. The minimum atomic E-state index is 0.437. The second-order valence-corrected chi connectivity index (χ2v) is 6.92. The van der Waals surface area contributed by atoms with Crippen LogP contribution in [0.4, 0.5) is 0 Å². The molecule has 0 amide bonds. The highest BCUT2D eigenvalue weighted by molar-refractivity contribution is 9.10. The van der Waals surface area contributed by atoms with Gasteiger partial charge in [0.1, 0.15) is 12.4 Å². The molecule has 0 spiro atoms. The molecule has 0 aliphatic rings. The zero-order valence-corrected chi connectivity index (χ0v) is 15.0. The van der Waals surface area contributed by atoms with E-state index in [2.05, 4.69) is 70.8 Å². The van der Waals surface area contributed by atoms with Crippen LogP contribution < -0.4 is 10.1 Å². The minimum absolute atomic E-state index is 0.437. The summed E-state index contributed by atoms with van der Waals surface area (Å²) in [5.74, 6) is 0.925. The van der Waals surface area contributed by atoms with Gasteiger partial charge in [0.2, 0.25) is 0 Å². The van der Waals surface area contributed by atoms with E-state index >= 15 is 0 Å². The summed E-state index contributed by atoms with van der Waals surface area (Å²) in [5.41, 5.74) is 1.33. The molecule has 2 nitrogen and oxygen atoms in total. The van der Waals surface area contributed by atoms with Gasteiger partial charge >= 0.3 is 0 Å². The van der Waals surface area contributed by atoms with Crippen LogP contribution in [0.25, 0.3) is 0 Å². The summed E-state index contributed by atoms with van der Waals surface area (Å²) in [5, 5.41) is 5.65. The number of thiophene rings is 1. The fourth-order valence-electron chi connectivity index (χ4n) is 2.20. The topological polar surface area (TPSA) is 21.3 Å². The maximum absolute atomic E-state index is 5.82. The van der Waals surface area contributed by atoms with Crippen molar-refractivity contribution in [2.75, 3.05) is 6.54 Å². The molecule has 2 aromatic rings. The second-order valence-electron chi connectivity index (χ2n) is 5.00. The Morgan fingerprint density at radius 3 is 2.57 bits per heavy atom. The lowest BCUT2D eigenvalue weighted by Crippen LogP contribution is -2.21. The molecule has 0 bridgehead atoms. The highest BCUT2D eigenvalue weighted by Gasteiger charge is 2.08. The monoisotopic (exact) mass is 367 g/mol. The predicted octanol–water partition coefficient (Wildman–Crippen LogP) is 5.54. The number of rotatable bonds is 8. The molecule has 0 saturated carbocycles. The molecular weight excluding hydrogens is 346 g/mol. The lowest BCUT2D eigenvalue weighted by molar-refractivity contribution is 0.309. The molecular formula is C17H22BrNOS. The normalized spacial score (nSPS) is 12.3. The van der Waals surface area contributed by atoms with E-state index < -0.39 is 0 Å². The molecule has 1 unspecified atom stereocenters. The van der Waals surface area contributed by atoms with Crippen molar-refractivity contribution in [2.45, 2.75) is 39.3 Å². The molecule has 1 heterocycles. The number of nitrogens with one attached hydrogen (secondary N) is 1. The van der Waals surface area contributed by atoms with E-state index in [-0.39, 0.29) is 0 Å². The average molecular weight is 368 g/mol. The van der Waals surface area contributed by atoms with Crippen LogP contribution in [0, 0.1) is 0 Å². The van der Waals surface area contributed by atoms with Gasteiger partial charge in [-0.15, -0.1) is 11.3 Å². The summed E-state index contributed by atoms with van der Waals surface area (Å²) in [6, 6.07) is 11.0. The van der Waals surface area contributed by atoms with Crippen molar-refractivity contribution in [1.29, 1.82) is 0 Å². The van der Waals surface area contributed by atoms with Gasteiger partial charge in [-0.2, -0.15) is 0 Å². The summed E-state index contributed by atoms with van der Waals surface area (Å²) in [7, 11) is 0. The van der Waals surface area contributed by atoms with Crippen LogP contribution in [-0.2, 0) is 6.61 Å². The zero-order chi connectivity index (χ0) is 15.1. The predicted molar refractivity (Wildman–Crippen MR) is 94.1 cm³/mol. The maximum Gasteiger partial charge on any atom is 0.122 e. The van der Waals surface area contributed by atoms with Gasteiger partial charge < -0.3 is 10.1 Å². The first-order valence-corrected chi connectivity index (χ1v) is 9.09. The Labute approximate surface area is 139 Å². The molecule has 21 heavy (non-hydrogen) atoms. The molecule has 1 atom stereocenters. The first kappa shape index (κ1) is 16.5. The zero-order valence-electron chi connectivity index (χ0n) is 12.6. The average Bonchev–Trinajstić information content (AvgIpc) is 2.93. The lowest BCUT2D eigenvalue weighted by Gasteiger charge is -2.17. The Balaban J connectivity index is 1.91. The third kappa shape index (κ3) is 5.13. The molecule has 0 saturated heterocycles. The third-order valence-electron chi connectivity index (χ3n) is 3.33. The minimum Gasteiger partial charge on any atom is -0.488 e. The van der Waals surface area contributed by atoms with E-state index in [1.54, 1.807) is 11.3 Å². The molecule has 0 fully saturated rings. The van der Waals surface area contributed by atoms with Crippen molar-refractivity contribution in [3.8, 4) is 5.75 Å². The van der Waals surface area contributed by atoms with Crippen LogP contribution in [-0.4, -0.2) is 6.54 Å². The summed E-state index contributed by atoms with van der Waals surface area (Å²) < 4.78 is 6.94. The Hall–Kier alpha value is -0.840. The van der Waals surface area contributed by atoms with Gasteiger partial charge in [-0.05, 0) is 59.1 Å². The van der Waals surface area contributed by atoms with Crippen LogP contribution in [0.1, 0.15) is 43.2 Å². The van der Waals surface area contributed by atoms with Crippen LogP contribution in [0.15, 0.2) is 40.2 Å². The van der Waals surface area contributed by atoms with Crippen molar-refractivity contribution in [1.82, 2.24) is 5.32 Å². The molecule has 2 rings (SSSR count). The summed E-state index contributed by atoms with van der Waals surface area (Å²) in [6.45, 7) is 6.09. The van der Waals surface area contributed by atoms with E-state index in [1.165, 1.54) is 10.4 Å². The first-order valence-electron chi connectivity index (χ1n) is 7.42. The van der Waals surface area contributed by atoms with E-state index in [1.807, 2.05) is 0 Å². The van der Waals surface area contributed by atoms with Gasteiger partial charge in [-0.1, -0.05) is 26.0 Å². The third-order valence-corrected chi connectivity index (χ3v) is 5.01. The quantitative estimate of drug-likeness (QED) is 0.661. The molecule has 1 aromatic carbocycles. The van der Waals surface area contributed by atoms with Crippen molar-refractivity contribution in [3.63, 3.8) is 0 Å². The van der Waals surface area contributed by atoms with Crippen molar-refractivity contribution < 1.29 is 4.74 Å². The lowest BCUT2D eigenvalue weighted by atomic mass is 10.0. The smallest absolute Gasteiger partial charge is 0.122 e. The number of halogens is 1. The molecule has 1 N–H and O–H groups in total. The molecule has 1 aromatic heterocycles. The van der Waals surface area contributed by atoms with Crippen molar-refractivity contribution in [2.24, 2.45) is 0 Å². The largest absolute Gasteiger partial charge is 0.488 e. The van der Waals surface area contributed by atoms with Gasteiger partial charge in [-0.25, -0.2) is 0 Å². The number of benzene rings is 1. The highest BCUT2D eigenvalue weighted by atomic mass is 79.9. The van der Waals surface area contributed by atoms with E-state index in [0.717, 1.165) is 29.6 Å². The molecule has 0 aliphatic carbocycles. The summed E-state index contributed by atoms with van der Waals surface area (Å²) >= 11 is 5.17. The number of ether oxygens (including phenoxy) is 1. The SMILES string of the molecule is CCCNC(CC)c1ccc(OCc2cc(Br)cs2)cc1. The van der Waals surface area contributed by atoms with Gasteiger partial charge in [0.05, 0.1) is 0 Å². The number of hydrogen-bond acceptors (Lipinski definition) is 3. The van der Waals surface area contributed by atoms with Crippen LogP contribution in [0.2, 0.25) is 0 Å². The summed E-state index contributed by atoms with van der Waals surface area (Å²) in [4.78, 5) is 1.22. The Morgan fingerprint density at radius 1 is 1.24 bits per heavy atom. The fourth-order valence-corrected chi connectivity index (χ4v) is 3.56. The van der Waals surface area contributed by atoms with Gasteiger partial charge in [0, 0.05) is 20.8 Å². The standard InChI is InChI=1S/C17H22BrNOS/c1-3-9-19-17(4-2)13-5-7-15(8-6-13)20-11-16-10-14(18)12-21-16/h5-8,10,12,17,19H,3-4,9,11H2,1-2H3. The van der Waals surface area contributed by atoms with E-state index in [4.69, 9.17) is 4.74 Å². The Morgan fingerprint density at radius 2 is 2.00 bits per heavy atom. The van der Waals surface area contributed by atoms with Gasteiger partial charge in [-0.3, -0.25) is 0 Å². The highest BCUT2D eigenvalue weighted by Crippen LogP contribution is 2.23. The molecule has 4 heteroatoms. The maximum atomic E-state index is 5.82. The van der Waals surface area contributed by atoms with Crippen LogP contribution in [0.3, 0.4) is 0 Å². The second kappa shape index (κ2) is 8.57. The Kier molecular flexibility index (Phi) is 6.74. The molecule has 114 valence electrons. The molecule has 0 aliphatic heterocycles. The van der Waals surface area contributed by atoms with Crippen molar-refractivity contribution in [3.05, 3.63) is 50.6 Å². The van der Waals surface area contributed by atoms with Crippen molar-refractivity contribution >= 4 is 27.3 Å².